The van der Waals surface area contributed by atoms with E-state index in [1.165, 1.54) is 5.56 Å². The van der Waals surface area contributed by atoms with Gasteiger partial charge in [0.1, 0.15) is 5.82 Å². The lowest BCUT2D eigenvalue weighted by molar-refractivity contribution is 0.765. The molecule has 3 heteroatoms. The molecule has 0 aliphatic heterocycles. The molecule has 2 nitrogen and oxygen atoms in total. The molecule has 1 heterocycles. The van der Waals surface area contributed by atoms with E-state index in [1.54, 1.807) is 0 Å². The van der Waals surface area contributed by atoms with E-state index in [0.717, 1.165) is 18.8 Å². The van der Waals surface area contributed by atoms with Crippen LogP contribution >= 0.6 is 11.6 Å². The van der Waals surface area contributed by atoms with Crippen molar-refractivity contribution >= 4 is 17.4 Å². The molecule has 0 radical (unpaired) electrons. The van der Waals surface area contributed by atoms with Crippen LogP contribution in [0.2, 0.25) is 0 Å². The van der Waals surface area contributed by atoms with Crippen molar-refractivity contribution in [3.63, 3.8) is 0 Å². The van der Waals surface area contributed by atoms with Gasteiger partial charge in [-0.2, -0.15) is 0 Å². The Balaban J connectivity index is 2.56. The first-order valence-electron chi connectivity index (χ1n) is 4.87. The zero-order valence-corrected chi connectivity index (χ0v) is 9.75. The Hall–Kier alpha value is -0.760. The smallest absolute Gasteiger partial charge is 0.128 e. The molecule has 1 aromatic rings. The summed E-state index contributed by atoms with van der Waals surface area (Å²) in [5.41, 5.74) is 1.24. The van der Waals surface area contributed by atoms with Crippen LogP contribution in [0.15, 0.2) is 18.3 Å². The van der Waals surface area contributed by atoms with Gasteiger partial charge in [0, 0.05) is 25.2 Å². The fourth-order valence-corrected chi connectivity index (χ4v) is 1.31. The molecule has 1 rings (SSSR count). The van der Waals surface area contributed by atoms with Crippen LogP contribution in [0.3, 0.4) is 0 Å². The molecule has 0 N–H and O–H groups in total. The predicted octanol–water partition coefficient (Wildman–Crippen LogP) is 2.84. The summed E-state index contributed by atoms with van der Waals surface area (Å²) >= 11 is 5.89. The largest absolute Gasteiger partial charge is 0.360 e. The predicted molar refractivity (Wildman–Crippen MR) is 62.2 cm³/mol. The van der Waals surface area contributed by atoms with Crippen LogP contribution in [-0.2, 0) is 0 Å². The third kappa shape index (κ3) is 3.54. The number of aromatic nitrogens is 1. The maximum atomic E-state index is 5.89. The van der Waals surface area contributed by atoms with Crippen molar-refractivity contribution in [3.8, 4) is 0 Å². The number of alkyl halides is 1. The summed E-state index contributed by atoms with van der Waals surface area (Å²) in [7, 11) is 2.04. The van der Waals surface area contributed by atoms with Gasteiger partial charge in [0.25, 0.3) is 0 Å². The summed E-state index contributed by atoms with van der Waals surface area (Å²) in [4.78, 5) is 6.43. The molecule has 14 heavy (non-hydrogen) atoms. The Bertz CT molecular complexity index is 286. The van der Waals surface area contributed by atoms with Crippen LogP contribution in [-0.4, -0.2) is 24.0 Å². The molecule has 78 valence electrons. The standard InChI is InChI=1S/C11H17ClN2/c1-9-4-6-13-11(8-9)14(3)7-5-10(2)12/h4,6,8,10H,5,7H2,1-3H3. The van der Waals surface area contributed by atoms with Gasteiger partial charge in [-0.1, -0.05) is 0 Å². The van der Waals surface area contributed by atoms with Crippen molar-refractivity contribution in [2.24, 2.45) is 0 Å². The van der Waals surface area contributed by atoms with Gasteiger partial charge in [-0.05, 0) is 38.0 Å². The Labute approximate surface area is 90.9 Å². The molecular formula is C11H17ClN2. The number of pyridine rings is 1. The van der Waals surface area contributed by atoms with Crippen molar-refractivity contribution in [1.82, 2.24) is 4.98 Å². The summed E-state index contributed by atoms with van der Waals surface area (Å²) in [6, 6.07) is 4.08. The maximum absolute atomic E-state index is 5.89. The Morgan fingerprint density at radius 3 is 2.86 bits per heavy atom. The highest BCUT2D eigenvalue weighted by Crippen LogP contribution is 2.11. The first-order chi connectivity index (χ1) is 6.59. The Morgan fingerprint density at radius 1 is 1.57 bits per heavy atom. The SMILES string of the molecule is Cc1ccnc(N(C)CCC(C)Cl)c1. The molecule has 1 atom stereocenters. The number of hydrogen-bond donors (Lipinski definition) is 0. The molecule has 0 aliphatic rings. The lowest BCUT2D eigenvalue weighted by Crippen LogP contribution is -2.21. The summed E-state index contributed by atoms with van der Waals surface area (Å²) in [5.74, 6) is 1.02. The minimum atomic E-state index is 0.224. The minimum Gasteiger partial charge on any atom is -0.360 e. The van der Waals surface area contributed by atoms with Gasteiger partial charge in [-0.3, -0.25) is 0 Å². The summed E-state index contributed by atoms with van der Waals surface area (Å²) in [6.07, 6.45) is 2.82. The second-order valence-electron chi connectivity index (χ2n) is 3.68. The van der Waals surface area contributed by atoms with Crippen LogP contribution in [0.5, 0.6) is 0 Å². The molecule has 0 aliphatic carbocycles. The van der Waals surface area contributed by atoms with Crippen LogP contribution < -0.4 is 4.90 Å². The number of aryl methyl sites for hydroxylation is 1. The van der Waals surface area contributed by atoms with E-state index in [1.807, 2.05) is 26.2 Å². The molecule has 0 saturated carbocycles. The van der Waals surface area contributed by atoms with E-state index < -0.39 is 0 Å². The molecule has 0 aromatic carbocycles. The van der Waals surface area contributed by atoms with Gasteiger partial charge < -0.3 is 4.90 Å². The van der Waals surface area contributed by atoms with E-state index in [2.05, 4.69) is 22.9 Å². The zero-order chi connectivity index (χ0) is 10.6. The monoisotopic (exact) mass is 212 g/mol. The van der Waals surface area contributed by atoms with E-state index >= 15 is 0 Å². The lowest BCUT2D eigenvalue weighted by atomic mass is 10.2. The number of halogens is 1. The first kappa shape index (κ1) is 11.3. The van der Waals surface area contributed by atoms with Crippen molar-refractivity contribution in [2.45, 2.75) is 25.6 Å². The second kappa shape index (κ2) is 5.20. The van der Waals surface area contributed by atoms with Crippen molar-refractivity contribution in [1.29, 1.82) is 0 Å². The van der Waals surface area contributed by atoms with Gasteiger partial charge in [0.05, 0.1) is 0 Å². The Morgan fingerprint density at radius 2 is 2.29 bits per heavy atom. The van der Waals surface area contributed by atoms with Gasteiger partial charge in [0.15, 0.2) is 0 Å². The van der Waals surface area contributed by atoms with Crippen LogP contribution in [0.4, 0.5) is 5.82 Å². The van der Waals surface area contributed by atoms with E-state index in [0.29, 0.717) is 0 Å². The van der Waals surface area contributed by atoms with Gasteiger partial charge in [0.2, 0.25) is 0 Å². The number of anilines is 1. The van der Waals surface area contributed by atoms with Crippen molar-refractivity contribution in [2.75, 3.05) is 18.5 Å². The highest BCUT2D eigenvalue weighted by molar-refractivity contribution is 6.20. The number of rotatable bonds is 4. The van der Waals surface area contributed by atoms with E-state index in [-0.39, 0.29) is 5.38 Å². The molecular weight excluding hydrogens is 196 g/mol. The Kier molecular flexibility index (Phi) is 4.21. The van der Waals surface area contributed by atoms with Crippen LogP contribution in [0.25, 0.3) is 0 Å². The normalized spacial score (nSPS) is 12.6. The molecule has 1 aromatic heterocycles. The summed E-state index contributed by atoms with van der Waals surface area (Å²) in [5, 5.41) is 0.224. The maximum Gasteiger partial charge on any atom is 0.128 e. The third-order valence-corrected chi connectivity index (χ3v) is 2.37. The highest BCUT2D eigenvalue weighted by atomic mass is 35.5. The quantitative estimate of drug-likeness (QED) is 0.714. The molecule has 0 fully saturated rings. The summed E-state index contributed by atoms with van der Waals surface area (Å²) in [6.45, 7) is 5.03. The number of hydrogen-bond acceptors (Lipinski definition) is 2. The minimum absolute atomic E-state index is 0.224. The average molecular weight is 213 g/mol. The third-order valence-electron chi connectivity index (χ3n) is 2.15. The molecule has 0 saturated heterocycles. The van der Waals surface area contributed by atoms with Crippen molar-refractivity contribution < 1.29 is 0 Å². The fourth-order valence-electron chi connectivity index (χ4n) is 1.22. The highest BCUT2D eigenvalue weighted by Gasteiger charge is 2.03. The topological polar surface area (TPSA) is 16.1 Å². The average Bonchev–Trinajstić information content (AvgIpc) is 2.14. The summed E-state index contributed by atoms with van der Waals surface area (Å²) < 4.78 is 0. The van der Waals surface area contributed by atoms with Gasteiger partial charge >= 0.3 is 0 Å². The van der Waals surface area contributed by atoms with Crippen LogP contribution in [0.1, 0.15) is 18.9 Å². The van der Waals surface area contributed by atoms with Gasteiger partial charge in [-0.25, -0.2) is 4.98 Å². The second-order valence-corrected chi connectivity index (χ2v) is 4.43. The molecule has 1 unspecified atom stereocenters. The number of nitrogens with zero attached hydrogens (tertiary/aromatic N) is 2. The molecule has 0 spiro atoms. The zero-order valence-electron chi connectivity index (χ0n) is 9.00. The van der Waals surface area contributed by atoms with Crippen LogP contribution in [0, 0.1) is 6.92 Å². The van der Waals surface area contributed by atoms with Crippen molar-refractivity contribution in [3.05, 3.63) is 23.9 Å². The van der Waals surface area contributed by atoms with E-state index in [4.69, 9.17) is 11.6 Å². The fraction of sp³-hybridized carbons (Fsp3) is 0.545. The first-order valence-corrected chi connectivity index (χ1v) is 5.31. The molecule has 0 bridgehead atoms. The van der Waals surface area contributed by atoms with Gasteiger partial charge in [-0.15, -0.1) is 11.6 Å². The van der Waals surface area contributed by atoms with E-state index in [9.17, 15) is 0 Å². The lowest BCUT2D eigenvalue weighted by Gasteiger charge is -2.18. The molecule has 0 amide bonds.